The maximum absolute atomic E-state index is 11.7. The Kier molecular flexibility index (Phi) is 4.14. The smallest absolute Gasteiger partial charge is 0.152 e. The Balaban J connectivity index is 2.94. The summed E-state index contributed by atoms with van der Waals surface area (Å²) in [6, 6.07) is 0. The number of hydrogen-bond donors (Lipinski definition) is 2. The molecule has 0 spiro atoms. The van der Waals surface area contributed by atoms with E-state index in [4.69, 9.17) is 5.11 Å². The lowest BCUT2D eigenvalue weighted by Gasteiger charge is -2.35. The molecule has 0 aliphatic heterocycles. The summed E-state index contributed by atoms with van der Waals surface area (Å²) < 4.78 is 23.4. The zero-order valence-corrected chi connectivity index (χ0v) is 10.3. The van der Waals surface area contributed by atoms with Crippen LogP contribution in [0.3, 0.4) is 0 Å². The maximum atomic E-state index is 11.7. The van der Waals surface area contributed by atoms with Crippen molar-refractivity contribution in [1.29, 1.82) is 0 Å². The molecule has 1 fully saturated rings. The zero-order valence-electron chi connectivity index (χ0n) is 9.49. The van der Waals surface area contributed by atoms with E-state index >= 15 is 0 Å². The highest BCUT2D eigenvalue weighted by atomic mass is 32.2. The van der Waals surface area contributed by atoms with Crippen molar-refractivity contribution in [3.05, 3.63) is 0 Å². The van der Waals surface area contributed by atoms with Crippen LogP contribution in [0.25, 0.3) is 0 Å². The summed E-state index contributed by atoms with van der Waals surface area (Å²) in [5, 5.41) is 12.0. The topological polar surface area (TPSA) is 66.4 Å². The molecule has 15 heavy (non-hydrogen) atoms. The summed E-state index contributed by atoms with van der Waals surface area (Å²) in [6.07, 6.45) is 4.31. The van der Waals surface area contributed by atoms with Crippen LogP contribution in [-0.4, -0.2) is 43.7 Å². The highest BCUT2D eigenvalue weighted by Crippen LogP contribution is 2.37. The van der Waals surface area contributed by atoms with Crippen LogP contribution in [0.2, 0.25) is 0 Å². The monoisotopic (exact) mass is 235 g/mol. The lowest BCUT2D eigenvalue weighted by Crippen LogP contribution is -2.54. The van der Waals surface area contributed by atoms with Crippen molar-refractivity contribution in [2.45, 2.75) is 43.4 Å². The van der Waals surface area contributed by atoms with Gasteiger partial charge in [0.25, 0.3) is 0 Å². The van der Waals surface area contributed by atoms with Crippen molar-refractivity contribution >= 4 is 9.84 Å². The van der Waals surface area contributed by atoms with E-state index in [0.717, 1.165) is 19.4 Å². The summed E-state index contributed by atoms with van der Waals surface area (Å²) in [5.41, 5.74) is -0.392. The highest BCUT2D eigenvalue weighted by Gasteiger charge is 2.46. The van der Waals surface area contributed by atoms with Crippen LogP contribution < -0.4 is 5.32 Å². The fraction of sp³-hybridized carbons (Fsp3) is 1.00. The molecule has 1 rings (SSSR count). The third-order valence-corrected chi connectivity index (χ3v) is 5.03. The Morgan fingerprint density at radius 2 is 2.20 bits per heavy atom. The molecule has 90 valence electrons. The summed E-state index contributed by atoms with van der Waals surface area (Å²) in [5.74, 6) is 0. The minimum absolute atomic E-state index is 0.0407. The minimum Gasteiger partial charge on any atom is -0.396 e. The SMILES string of the molecule is CCNC1(CCO)CCCC1S(C)(=O)=O. The van der Waals surface area contributed by atoms with E-state index in [1.54, 1.807) is 0 Å². The van der Waals surface area contributed by atoms with Gasteiger partial charge in [-0.1, -0.05) is 13.3 Å². The lowest BCUT2D eigenvalue weighted by molar-refractivity contribution is 0.214. The Labute approximate surface area is 92.0 Å². The molecule has 2 N–H and O–H groups in total. The molecule has 1 saturated carbocycles. The van der Waals surface area contributed by atoms with Crippen molar-refractivity contribution in [2.75, 3.05) is 19.4 Å². The number of sulfone groups is 1. The zero-order chi connectivity index (χ0) is 11.5. The van der Waals surface area contributed by atoms with Gasteiger partial charge in [0, 0.05) is 18.4 Å². The molecule has 5 heteroatoms. The summed E-state index contributed by atoms with van der Waals surface area (Å²) in [4.78, 5) is 0. The van der Waals surface area contributed by atoms with E-state index in [9.17, 15) is 8.42 Å². The number of rotatable bonds is 5. The Morgan fingerprint density at radius 1 is 1.53 bits per heavy atom. The van der Waals surface area contributed by atoms with Gasteiger partial charge in [-0.15, -0.1) is 0 Å². The molecule has 1 aliphatic rings. The predicted octanol–water partition coefficient (Wildman–Crippen LogP) is 0.314. The average molecular weight is 235 g/mol. The standard InChI is InChI=1S/C10H21NO3S/c1-3-11-10(7-8-12)6-4-5-9(10)15(2,13)14/h9,11-12H,3-8H2,1-2H3. The van der Waals surface area contributed by atoms with Gasteiger partial charge in [-0.2, -0.15) is 0 Å². The third kappa shape index (κ3) is 2.71. The first-order valence-corrected chi connectivity index (χ1v) is 7.46. The van der Waals surface area contributed by atoms with Gasteiger partial charge in [0.15, 0.2) is 9.84 Å². The Hall–Kier alpha value is -0.130. The first-order valence-electron chi connectivity index (χ1n) is 5.51. The molecule has 1 aliphatic carbocycles. The maximum Gasteiger partial charge on any atom is 0.152 e. The van der Waals surface area contributed by atoms with Gasteiger partial charge in [0.2, 0.25) is 0 Å². The van der Waals surface area contributed by atoms with E-state index in [1.165, 1.54) is 6.26 Å². The third-order valence-electron chi connectivity index (χ3n) is 3.31. The summed E-state index contributed by atoms with van der Waals surface area (Å²) >= 11 is 0. The van der Waals surface area contributed by atoms with Gasteiger partial charge in [0.1, 0.15) is 0 Å². The second-order valence-corrected chi connectivity index (χ2v) is 6.60. The van der Waals surface area contributed by atoms with Gasteiger partial charge in [-0.05, 0) is 25.8 Å². The fourth-order valence-corrected chi connectivity index (χ4v) is 4.53. The molecule has 0 aromatic heterocycles. The second kappa shape index (κ2) is 4.80. The van der Waals surface area contributed by atoms with Crippen LogP contribution in [0.5, 0.6) is 0 Å². The Bertz CT molecular complexity index is 294. The average Bonchev–Trinajstić information content (AvgIpc) is 2.49. The van der Waals surface area contributed by atoms with Crippen molar-refractivity contribution in [1.82, 2.24) is 5.32 Å². The molecule has 0 heterocycles. The van der Waals surface area contributed by atoms with E-state index < -0.39 is 15.4 Å². The fourth-order valence-electron chi connectivity index (χ4n) is 2.79. The van der Waals surface area contributed by atoms with Crippen LogP contribution in [0, 0.1) is 0 Å². The van der Waals surface area contributed by atoms with Gasteiger partial charge in [0.05, 0.1) is 5.25 Å². The van der Waals surface area contributed by atoms with Gasteiger partial charge >= 0.3 is 0 Å². The molecule has 0 saturated heterocycles. The molecule has 0 bridgehead atoms. The molecule has 2 unspecified atom stereocenters. The minimum atomic E-state index is -3.03. The number of aliphatic hydroxyl groups is 1. The largest absolute Gasteiger partial charge is 0.396 e. The second-order valence-electron chi connectivity index (χ2n) is 4.37. The van der Waals surface area contributed by atoms with E-state index in [2.05, 4.69) is 5.32 Å². The quantitative estimate of drug-likeness (QED) is 0.720. The number of aliphatic hydroxyl groups excluding tert-OH is 1. The van der Waals surface area contributed by atoms with Crippen LogP contribution in [-0.2, 0) is 9.84 Å². The number of hydrogen-bond acceptors (Lipinski definition) is 4. The first-order chi connectivity index (χ1) is 6.96. The molecule has 0 amide bonds. The molecular formula is C10H21NO3S. The van der Waals surface area contributed by atoms with Crippen molar-refractivity contribution < 1.29 is 13.5 Å². The molecule has 2 atom stereocenters. The van der Waals surface area contributed by atoms with Crippen molar-refractivity contribution in [3.63, 3.8) is 0 Å². The van der Waals surface area contributed by atoms with Crippen molar-refractivity contribution in [3.8, 4) is 0 Å². The highest BCUT2D eigenvalue weighted by molar-refractivity contribution is 7.91. The molecular weight excluding hydrogens is 214 g/mol. The van der Waals surface area contributed by atoms with Gasteiger partial charge < -0.3 is 10.4 Å². The van der Waals surface area contributed by atoms with Crippen LogP contribution >= 0.6 is 0 Å². The lowest BCUT2D eigenvalue weighted by atomic mass is 9.93. The summed E-state index contributed by atoms with van der Waals surface area (Å²) in [7, 11) is -3.03. The van der Waals surface area contributed by atoms with E-state index in [1.807, 2.05) is 6.92 Å². The predicted molar refractivity (Wildman–Crippen MR) is 60.6 cm³/mol. The van der Waals surface area contributed by atoms with Crippen LogP contribution in [0.15, 0.2) is 0 Å². The van der Waals surface area contributed by atoms with E-state index in [0.29, 0.717) is 12.8 Å². The van der Waals surface area contributed by atoms with Gasteiger partial charge in [-0.3, -0.25) is 0 Å². The van der Waals surface area contributed by atoms with Crippen LogP contribution in [0.1, 0.15) is 32.6 Å². The van der Waals surface area contributed by atoms with Crippen molar-refractivity contribution in [2.24, 2.45) is 0 Å². The molecule has 0 radical (unpaired) electrons. The normalized spacial score (nSPS) is 32.1. The summed E-state index contributed by atoms with van der Waals surface area (Å²) in [6.45, 7) is 2.75. The Morgan fingerprint density at radius 3 is 2.67 bits per heavy atom. The van der Waals surface area contributed by atoms with Crippen LogP contribution in [0.4, 0.5) is 0 Å². The van der Waals surface area contributed by atoms with Gasteiger partial charge in [-0.25, -0.2) is 8.42 Å². The number of nitrogens with one attached hydrogen (secondary N) is 1. The molecule has 0 aromatic carbocycles. The molecule has 0 aromatic rings. The first kappa shape index (κ1) is 12.9. The molecule has 4 nitrogen and oxygen atoms in total. The van der Waals surface area contributed by atoms with E-state index in [-0.39, 0.29) is 11.9 Å².